The molecule has 2 unspecified atom stereocenters. The zero-order valence-corrected chi connectivity index (χ0v) is 12.5. The Bertz CT molecular complexity index is 591. The van der Waals surface area contributed by atoms with E-state index >= 15 is 0 Å². The van der Waals surface area contributed by atoms with E-state index in [4.69, 9.17) is 0 Å². The Hall–Kier alpha value is -1.41. The molecule has 1 fully saturated rings. The topological polar surface area (TPSA) is 24.9 Å². The van der Waals surface area contributed by atoms with E-state index in [0.717, 1.165) is 23.7 Å². The fourth-order valence-corrected chi connectivity index (χ4v) is 3.27. The van der Waals surface area contributed by atoms with Gasteiger partial charge < -0.3 is 5.32 Å². The van der Waals surface area contributed by atoms with Crippen LogP contribution in [0.1, 0.15) is 43.9 Å². The van der Waals surface area contributed by atoms with Crippen LogP contribution in [0.3, 0.4) is 0 Å². The number of pyridine rings is 1. The Morgan fingerprint density at radius 1 is 1.20 bits per heavy atom. The molecule has 106 valence electrons. The molecule has 0 spiro atoms. The molecule has 2 atom stereocenters. The molecule has 2 nitrogen and oxygen atoms in total. The molecule has 2 heteroatoms. The minimum Gasteiger partial charge on any atom is -0.310 e. The zero-order valence-electron chi connectivity index (χ0n) is 12.5. The molecular formula is C18H24N2. The first-order valence-corrected chi connectivity index (χ1v) is 7.80. The first kappa shape index (κ1) is 13.6. The number of hydrogen-bond acceptors (Lipinski definition) is 2. The molecule has 0 aliphatic heterocycles. The molecule has 0 saturated heterocycles. The Morgan fingerprint density at radius 2 is 2.10 bits per heavy atom. The maximum Gasteiger partial charge on any atom is 0.0705 e. The summed E-state index contributed by atoms with van der Waals surface area (Å²) in [6, 6.07) is 11.6. The lowest BCUT2D eigenvalue weighted by atomic mass is 9.87. The summed E-state index contributed by atoms with van der Waals surface area (Å²) in [5, 5.41) is 4.97. The summed E-state index contributed by atoms with van der Waals surface area (Å²) in [6.07, 6.45) is 5.44. The summed E-state index contributed by atoms with van der Waals surface area (Å²) < 4.78 is 0. The van der Waals surface area contributed by atoms with Gasteiger partial charge in [-0.2, -0.15) is 0 Å². The normalized spacial score (nSPS) is 23.1. The predicted molar refractivity (Wildman–Crippen MR) is 84.7 cm³/mol. The van der Waals surface area contributed by atoms with E-state index in [2.05, 4.69) is 47.6 Å². The number of fused-ring (bicyclic) bond motifs is 1. The monoisotopic (exact) mass is 268 g/mol. The Labute approximate surface area is 121 Å². The quantitative estimate of drug-likeness (QED) is 0.902. The van der Waals surface area contributed by atoms with Gasteiger partial charge >= 0.3 is 0 Å². The number of aryl methyl sites for hydroxylation is 1. The van der Waals surface area contributed by atoms with E-state index in [-0.39, 0.29) is 0 Å². The van der Waals surface area contributed by atoms with E-state index in [1.54, 1.807) is 0 Å². The van der Waals surface area contributed by atoms with Gasteiger partial charge in [-0.3, -0.25) is 4.98 Å². The number of nitrogens with one attached hydrogen (secondary N) is 1. The summed E-state index contributed by atoms with van der Waals surface area (Å²) in [4.78, 5) is 4.56. The molecule has 3 rings (SSSR count). The fourth-order valence-electron chi connectivity index (χ4n) is 3.27. The largest absolute Gasteiger partial charge is 0.310 e. The predicted octanol–water partition coefficient (Wildman–Crippen LogP) is 4.21. The molecular weight excluding hydrogens is 244 g/mol. The van der Waals surface area contributed by atoms with Crippen molar-refractivity contribution in [2.24, 2.45) is 5.92 Å². The first-order chi connectivity index (χ1) is 9.70. The van der Waals surface area contributed by atoms with Crippen molar-refractivity contribution in [2.75, 3.05) is 0 Å². The summed E-state index contributed by atoms with van der Waals surface area (Å²) in [5.41, 5.74) is 3.54. The molecule has 1 heterocycles. The highest BCUT2D eigenvalue weighted by Gasteiger charge is 2.17. The molecule has 0 radical (unpaired) electrons. The van der Waals surface area contributed by atoms with Crippen molar-refractivity contribution in [1.82, 2.24) is 10.3 Å². The van der Waals surface area contributed by atoms with Crippen molar-refractivity contribution in [2.45, 2.75) is 52.1 Å². The second kappa shape index (κ2) is 5.92. The van der Waals surface area contributed by atoms with Crippen LogP contribution < -0.4 is 5.32 Å². The van der Waals surface area contributed by atoms with E-state index < -0.39 is 0 Å². The number of benzene rings is 1. The van der Waals surface area contributed by atoms with Gasteiger partial charge in [0.05, 0.1) is 5.52 Å². The van der Waals surface area contributed by atoms with Crippen molar-refractivity contribution in [3.63, 3.8) is 0 Å². The van der Waals surface area contributed by atoms with Crippen molar-refractivity contribution < 1.29 is 0 Å². The molecule has 1 N–H and O–H groups in total. The van der Waals surface area contributed by atoms with Crippen molar-refractivity contribution in [1.29, 1.82) is 0 Å². The Balaban J connectivity index is 1.67. The van der Waals surface area contributed by atoms with Crippen LogP contribution in [0.5, 0.6) is 0 Å². The van der Waals surface area contributed by atoms with E-state index in [1.165, 1.54) is 36.6 Å². The molecule has 1 aliphatic rings. The summed E-state index contributed by atoms with van der Waals surface area (Å²) >= 11 is 0. The average Bonchev–Trinajstić information content (AvgIpc) is 2.45. The maximum absolute atomic E-state index is 4.56. The van der Waals surface area contributed by atoms with Gasteiger partial charge in [-0.15, -0.1) is 0 Å². The number of nitrogens with zero attached hydrogens (tertiary/aromatic N) is 1. The molecule has 20 heavy (non-hydrogen) atoms. The van der Waals surface area contributed by atoms with Crippen LogP contribution in [-0.4, -0.2) is 11.0 Å². The number of aromatic nitrogens is 1. The Morgan fingerprint density at radius 3 is 2.95 bits per heavy atom. The maximum atomic E-state index is 4.56. The third kappa shape index (κ3) is 3.18. The molecule has 0 amide bonds. The minimum atomic E-state index is 0.700. The van der Waals surface area contributed by atoms with Crippen LogP contribution in [0.15, 0.2) is 30.3 Å². The van der Waals surface area contributed by atoms with Crippen LogP contribution in [0.4, 0.5) is 0 Å². The summed E-state index contributed by atoms with van der Waals surface area (Å²) in [7, 11) is 0. The minimum absolute atomic E-state index is 0.700. The van der Waals surface area contributed by atoms with Gasteiger partial charge in [0.25, 0.3) is 0 Å². The standard InChI is InChI=1S/C18H24N2/c1-13-4-3-5-17(10-13)19-12-15-7-9-18-16(11-15)8-6-14(2)20-18/h6-9,11,13,17,19H,3-5,10,12H2,1-2H3. The van der Waals surface area contributed by atoms with Gasteiger partial charge in [0.15, 0.2) is 0 Å². The van der Waals surface area contributed by atoms with Crippen molar-refractivity contribution in [3.05, 3.63) is 41.6 Å². The van der Waals surface area contributed by atoms with Crippen LogP contribution >= 0.6 is 0 Å². The van der Waals surface area contributed by atoms with Gasteiger partial charge in [0, 0.05) is 23.7 Å². The lowest BCUT2D eigenvalue weighted by molar-refractivity contribution is 0.300. The molecule has 1 aromatic heterocycles. The van der Waals surface area contributed by atoms with Gasteiger partial charge in [0.1, 0.15) is 0 Å². The van der Waals surface area contributed by atoms with Crippen LogP contribution in [0.2, 0.25) is 0 Å². The fraction of sp³-hybridized carbons (Fsp3) is 0.500. The van der Waals surface area contributed by atoms with E-state index in [1.807, 2.05) is 6.92 Å². The number of hydrogen-bond donors (Lipinski definition) is 1. The third-order valence-corrected chi connectivity index (χ3v) is 4.42. The molecule has 1 aliphatic carbocycles. The van der Waals surface area contributed by atoms with Gasteiger partial charge in [-0.05, 0) is 49.4 Å². The van der Waals surface area contributed by atoms with Crippen molar-refractivity contribution >= 4 is 10.9 Å². The molecule has 1 saturated carbocycles. The second-order valence-corrected chi connectivity index (χ2v) is 6.33. The summed E-state index contributed by atoms with van der Waals surface area (Å²) in [6.45, 7) is 5.39. The lowest BCUT2D eigenvalue weighted by Crippen LogP contribution is -2.33. The van der Waals surface area contributed by atoms with Crippen LogP contribution in [0.25, 0.3) is 10.9 Å². The highest BCUT2D eigenvalue weighted by Crippen LogP contribution is 2.24. The van der Waals surface area contributed by atoms with E-state index in [0.29, 0.717) is 6.04 Å². The van der Waals surface area contributed by atoms with Gasteiger partial charge in [-0.1, -0.05) is 31.9 Å². The average molecular weight is 268 g/mol. The molecule has 0 bridgehead atoms. The molecule has 1 aromatic carbocycles. The lowest BCUT2D eigenvalue weighted by Gasteiger charge is -2.27. The van der Waals surface area contributed by atoms with Crippen LogP contribution in [-0.2, 0) is 6.54 Å². The molecule has 2 aromatic rings. The Kier molecular flexibility index (Phi) is 4.02. The second-order valence-electron chi connectivity index (χ2n) is 6.33. The SMILES string of the molecule is Cc1ccc2cc(CNC3CCCC(C)C3)ccc2n1. The smallest absolute Gasteiger partial charge is 0.0705 e. The van der Waals surface area contributed by atoms with E-state index in [9.17, 15) is 0 Å². The van der Waals surface area contributed by atoms with Crippen LogP contribution in [0, 0.1) is 12.8 Å². The third-order valence-electron chi connectivity index (χ3n) is 4.42. The summed E-state index contributed by atoms with van der Waals surface area (Å²) in [5.74, 6) is 0.880. The number of rotatable bonds is 3. The highest BCUT2D eigenvalue weighted by atomic mass is 14.9. The zero-order chi connectivity index (χ0) is 13.9. The van der Waals surface area contributed by atoms with Crippen molar-refractivity contribution in [3.8, 4) is 0 Å². The first-order valence-electron chi connectivity index (χ1n) is 7.80. The van der Waals surface area contributed by atoms with Gasteiger partial charge in [0.2, 0.25) is 0 Å². The van der Waals surface area contributed by atoms with Gasteiger partial charge in [-0.25, -0.2) is 0 Å². The highest BCUT2D eigenvalue weighted by molar-refractivity contribution is 5.79.